The van der Waals surface area contributed by atoms with E-state index in [2.05, 4.69) is 15.6 Å². The molecular formula is C18H18F3N3O2. The van der Waals surface area contributed by atoms with Crippen LogP contribution in [-0.2, 0) is 11.0 Å². The van der Waals surface area contributed by atoms with E-state index in [0.29, 0.717) is 11.8 Å². The molecule has 0 saturated carbocycles. The number of halogens is 3. The Kier molecular flexibility index (Phi) is 5.64. The number of carbonyl (C=O) groups is 2. The number of aromatic nitrogens is 1. The topological polar surface area (TPSA) is 71.1 Å². The van der Waals surface area contributed by atoms with Crippen molar-refractivity contribution in [3.63, 3.8) is 0 Å². The van der Waals surface area contributed by atoms with Crippen LogP contribution in [0.25, 0.3) is 0 Å². The third kappa shape index (κ3) is 4.81. The quantitative estimate of drug-likeness (QED) is 0.872. The van der Waals surface area contributed by atoms with Gasteiger partial charge < -0.3 is 10.6 Å². The lowest BCUT2D eigenvalue weighted by atomic mass is 10.1. The molecule has 0 aliphatic rings. The predicted molar refractivity (Wildman–Crippen MR) is 90.9 cm³/mol. The fraction of sp³-hybridized carbons (Fsp3) is 0.278. The molecule has 0 unspecified atom stereocenters. The minimum atomic E-state index is -4.57. The fourth-order valence-electron chi connectivity index (χ4n) is 2.52. The van der Waals surface area contributed by atoms with Crippen molar-refractivity contribution in [2.45, 2.75) is 26.9 Å². The summed E-state index contributed by atoms with van der Waals surface area (Å²) in [6, 6.07) is 5.58. The zero-order valence-electron chi connectivity index (χ0n) is 14.5. The number of carbonyl (C=O) groups excluding carboxylic acids is 2. The Hall–Kier alpha value is -2.90. The van der Waals surface area contributed by atoms with Crippen LogP contribution in [0, 0.1) is 20.8 Å². The second-order valence-corrected chi connectivity index (χ2v) is 5.93. The van der Waals surface area contributed by atoms with E-state index in [-0.39, 0.29) is 12.1 Å². The molecule has 0 saturated heterocycles. The average molecular weight is 365 g/mol. The van der Waals surface area contributed by atoms with Gasteiger partial charge in [-0.2, -0.15) is 13.2 Å². The Morgan fingerprint density at radius 2 is 1.69 bits per heavy atom. The fourth-order valence-corrected chi connectivity index (χ4v) is 2.52. The van der Waals surface area contributed by atoms with Crippen LogP contribution in [0.5, 0.6) is 0 Å². The van der Waals surface area contributed by atoms with E-state index in [1.54, 1.807) is 0 Å². The van der Waals surface area contributed by atoms with Crippen LogP contribution >= 0.6 is 0 Å². The SMILES string of the molecule is Cc1cc(C)c(NC(=O)CNC(=O)c2ccc(C(F)(F)F)nc2)c(C)c1. The van der Waals surface area contributed by atoms with Gasteiger partial charge in [0, 0.05) is 11.9 Å². The molecule has 26 heavy (non-hydrogen) atoms. The van der Waals surface area contributed by atoms with Crippen LogP contribution in [0.2, 0.25) is 0 Å². The van der Waals surface area contributed by atoms with Gasteiger partial charge in [0.15, 0.2) is 0 Å². The van der Waals surface area contributed by atoms with Crippen LogP contribution in [-0.4, -0.2) is 23.3 Å². The Labute approximate surface area is 148 Å². The molecule has 8 heteroatoms. The summed E-state index contributed by atoms with van der Waals surface area (Å²) in [5.41, 5.74) is 2.39. The Balaban J connectivity index is 1.96. The molecule has 2 amide bonds. The minimum Gasteiger partial charge on any atom is -0.343 e. The number of amides is 2. The molecule has 0 aliphatic carbocycles. The second-order valence-electron chi connectivity index (χ2n) is 5.93. The van der Waals surface area contributed by atoms with Crippen LogP contribution in [0.15, 0.2) is 30.5 Å². The van der Waals surface area contributed by atoms with Gasteiger partial charge in [-0.05, 0) is 44.0 Å². The summed E-state index contributed by atoms with van der Waals surface area (Å²) in [4.78, 5) is 27.2. The highest BCUT2D eigenvalue weighted by molar-refractivity contribution is 5.99. The van der Waals surface area contributed by atoms with E-state index < -0.39 is 23.7 Å². The second kappa shape index (κ2) is 7.55. The molecule has 2 rings (SSSR count). The standard InChI is InChI=1S/C18H18F3N3O2/c1-10-6-11(2)16(12(3)7-10)24-15(25)9-23-17(26)13-4-5-14(22-8-13)18(19,20)21/h4-8H,9H2,1-3H3,(H,23,26)(H,24,25). The van der Waals surface area contributed by atoms with Gasteiger partial charge >= 0.3 is 6.18 Å². The van der Waals surface area contributed by atoms with E-state index in [0.717, 1.165) is 29.0 Å². The molecule has 0 atom stereocenters. The molecule has 1 aromatic heterocycles. The van der Waals surface area contributed by atoms with Gasteiger partial charge in [-0.15, -0.1) is 0 Å². The summed E-state index contributed by atoms with van der Waals surface area (Å²) >= 11 is 0. The number of rotatable bonds is 4. The number of anilines is 1. The van der Waals surface area contributed by atoms with Gasteiger partial charge in [-0.25, -0.2) is 0 Å². The third-order valence-electron chi connectivity index (χ3n) is 3.67. The molecule has 138 valence electrons. The van der Waals surface area contributed by atoms with Crippen molar-refractivity contribution < 1.29 is 22.8 Å². The van der Waals surface area contributed by atoms with Crippen molar-refractivity contribution in [2.24, 2.45) is 0 Å². The molecule has 0 bridgehead atoms. The van der Waals surface area contributed by atoms with Crippen molar-refractivity contribution in [2.75, 3.05) is 11.9 Å². The Morgan fingerprint density at radius 3 is 2.19 bits per heavy atom. The lowest BCUT2D eigenvalue weighted by Gasteiger charge is -2.13. The lowest BCUT2D eigenvalue weighted by molar-refractivity contribution is -0.141. The maximum absolute atomic E-state index is 12.5. The van der Waals surface area contributed by atoms with Crippen molar-refractivity contribution in [3.05, 3.63) is 58.4 Å². The first-order valence-corrected chi connectivity index (χ1v) is 7.77. The summed E-state index contributed by atoms with van der Waals surface area (Å²) in [6.07, 6.45) is -3.75. The first-order chi connectivity index (χ1) is 12.1. The highest BCUT2D eigenvalue weighted by Gasteiger charge is 2.32. The number of hydrogen-bond donors (Lipinski definition) is 2. The van der Waals surface area contributed by atoms with Crippen LogP contribution in [0.1, 0.15) is 32.7 Å². The van der Waals surface area contributed by atoms with E-state index >= 15 is 0 Å². The van der Waals surface area contributed by atoms with Crippen molar-refractivity contribution in [3.8, 4) is 0 Å². The number of benzene rings is 1. The molecular weight excluding hydrogens is 347 g/mol. The largest absolute Gasteiger partial charge is 0.433 e. The van der Waals surface area contributed by atoms with E-state index in [1.165, 1.54) is 0 Å². The van der Waals surface area contributed by atoms with Gasteiger partial charge in [-0.3, -0.25) is 14.6 Å². The van der Waals surface area contributed by atoms with Crippen molar-refractivity contribution in [1.82, 2.24) is 10.3 Å². The number of aryl methyl sites for hydroxylation is 3. The molecule has 0 aliphatic heterocycles. The van der Waals surface area contributed by atoms with Crippen molar-refractivity contribution in [1.29, 1.82) is 0 Å². The summed E-state index contributed by atoms with van der Waals surface area (Å²) in [5, 5.41) is 5.08. The number of hydrogen-bond acceptors (Lipinski definition) is 3. The zero-order valence-corrected chi connectivity index (χ0v) is 14.5. The molecule has 2 aromatic rings. The van der Waals surface area contributed by atoms with Gasteiger partial charge in [-0.1, -0.05) is 17.7 Å². The van der Waals surface area contributed by atoms with E-state index in [4.69, 9.17) is 0 Å². The maximum Gasteiger partial charge on any atom is 0.433 e. The minimum absolute atomic E-state index is 0.0616. The van der Waals surface area contributed by atoms with Gasteiger partial charge in [0.25, 0.3) is 5.91 Å². The number of alkyl halides is 3. The van der Waals surface area contributed by atoms with Crippen LogP contribution in [0.4, 0.5) is 18.9 Å². The van der Waals surface area contributed by atoms with Gasteiger partial charge in [0.05, 0.1) is 12.1 Å². The highest BCUT2D eigenvalue weighted by atomic mass is 19.4. The number of nitrogens with one attached hydrogen (secondary N) is 2. The smallest absolute Gasteiger partial charge is 0.343 e. The first kappa shape index (κ1) is 19.4. The van der Waals surface area contributed by atoms with E-state index in [9.17, 15) is 22.8 Å². The summed E-state index contributed by atoms with van der Waals surface area (Å²) < 4.78 is 37.4. The Morgan fingerprint density at radius 1 is 1.08 bits per heavy atom. The molecule has 2 N–H and O–H groups in total. The number of pyridine rings is 1. The monoisotopic (exact) mass is 365 g/mol. The summed E-state index contributed by atoms with van der Waals surface area (Å²) in [7, 11) is 0. The molecule has 1 aromatic carbocycles. The summed E-state index contributed by atoms with van der Waals surface area (Å²) in [6.45, 7) is 5.36. The molecule has 0 radical (unpaired) electrons. The molecule has 0 fully saturated rings. The van der Waals surface area contributed by atoms with E-state index in [1.807, 2.05) is 32.9 Å². The molecule has 5 nitrogen and oxygen atoms in total. The zero-order chi connectivity index (χ0) is 19.5. The van der Waals surface area contributed by atoms with Gasteiger partial charge in [0.1, 0.15) is 5.69 Å². The highest BCUT2D eigenvalue weighted by Crippen LogP contribution is 2.27. The predicted octanol–water partition coefficient (Wildman–Crippen LogP) is 3.39. The third-order valence-corrected chi connectivity index (χ3v) is 3.67. The van der Waals surface area contributed by atoms with Crippen molar-refractivity contribution >= 4 is 17.5 Å². The maximum atomic E-state index is 12.5. The number of nitrogens with zero attached hydrogens (tertiary/aromatic N) is 1. The van der Waals surface area contributed by atoms with Gasteiger partial charge in [0.2, 0.25) is 5.91 Å². The molecule has 1 heterocycles. The summed E-state index contributed by atoms with van der Waals surface area (Å²) in [5.74, 6) is -1.12. The van der Waals surface area contributed by atoms with Crippen LogP contribution < -0.4 is 10.6 Å². The molecule has 0 spiro atoms. The lowest BCUT2D eigenvalue weighted by Crippen LogP contribution is -2.33. The Bertz CT molecular complexity index is 808. The first-order valence-electron chi connectivity index (χ1n) is 7.77. The average Bonchev–Trinajstić information content (AvgIpc) is 2.55. The van der Waals surface area contributed by atoms with Crippen LogP contribution in [0.3, 0.4) is 0 Å². The normalized spacial score (nSPS) is 11.2.